The summed E-state index contributed by atoms with van der Waals surface area (Å²) in [7, 11) is 0. The number of ether oxygens (including phenoxy) is 1. The van der Waals surface area contributed by atoms with Crippen molar-refractivity contribution in [3.63, 3.8) is 0 Å². The van der Waals surface area contributed by atoms with Crippen molar-refractivity contribution in [2.75, 3.05) is 11.9 Å². The summed E-state index contributed by atoms with van der Waals surface area (Å²) in [5.41, 5.74) is 1.95. The predicted octanol–water partition coefficient (Wildman–Crippen LogP) is 3.00. The van der Waals surface area contributed by atoms with E-state index >= 15 is 0 Å². The summed E-state index contributed by atoms with van der Waals surface area (Å²) < 4.78 is 8.54. The third kappa shape index (κ3) is 3.82. The third-order valence-electron chi connectivity index (χ3n) is 5.53. The summed E-state index contributed by atoms with van der Waals surface area (Å²) in [6.07, 6.45) is 1.65. The fourth-order valence-electron chi connectivity index (χ4n) is 4.00. The molecule has 0 fully saturated rings. The summed E-state index contributed by atoms with van der Waals surface area (Å²) in [5.74, 6) is 0.0854. The zero-order chi connectivity index (χ0) is 23.1. The number of benzene rings is 1. The summed E-state index contributed by atoms with van der Waals surface area (Å²) in [6, 6.07) is 11.1. The van der Waals surface area contributed by atoms with Gasteiger partial charge >= 0.3 is 5.97 Å². The second kappa shape index (κ2) is 8.28. The number of hydrogen-bond acceptors (Lipinski definition) is 7. The third-order valence-corrected chi connectivity index (χ3v) is 6.70. The number of amides is 1. The monoisotopic (exact) mass is 463 g/mol. The molecule has 33 heavy (non-hydrogen) atoms. The normalized spacial score (nSPS) is 12.7. The summed E-state index contributed by atoms with van der Waals surface area (Å²) in [4.78, 5) is 43.4. The van der Waals surface area contributed by atoms with Crippen LogP contribution in [0.25, 0.3) is 15.9 Å². The number of esters is 1. The van der Waals surface area contributed by atoms with Gasteiger partial charge in [0.15, 0.2) is 6.61 Å². The molecular formula is C23H21N5O4S. The van der Waals surface area contributed by atoms with E-state index in [1.165, 1.54) is 0 Å². The summed E-state index contributed by atoms with van der Waals surface area (Å²) >= 11 is 1.13. The molecule has 4 aromatic rings. The summed E-state index contributed by atoms with van der Waals surface area (Å²) in [5, 5.41) is 7.59. The minimum absolute atomic E-state index is 0.123. The zero-order valence-corrected chi connectivity index (χ0v) is 18.9. The first kappa shape index (κ1) is 21.1. The number of hydrogen-bond donors (Lipinski definition) is 1. The van der Waals surface area contributed by atoms with E-state index in [0.717, 1.165) is 41.4 Å². The highest BCUT2D eigenvalue weighted by Crippen LogP contribution is 2.29. The SMILES string of the molecule is Cc1cc(NC(=O)COC(=O)c2sc3nc4n(c(=O)c3c2C)CCC4)n(-c2ccccc2)n1. The smallest absolute Gasteiger partial charge is 0.349 e. The van der Waals surface area contributed by atoms with Crippen molar-refractivity contribution in [1.29, 1.82) is 0 Å². The number of fused-ring (bicyclic) bond motifs is 2. The Balaban J connectivity index is 1.31. The van der Waals surface area contributed by atoms with E-state index in [-0.39, 0.29) is 10.4 Å². The van der Waals surface area contributed by atoms with Crippen molar-refractivity contribution in [2.24, 2.45) is 0 Å². The number of carbonyl (C=O) groups excluding carboxylic acids is 2. The molecule has 1 aliphatic heterocycles. The lowest BCUT2D eigenvalue weighted by atomic mass is 10.2. The van der Waals surface area contributed by atoms with Gasteiger partial charge in [-0.05, 0) is 38.0 Å². The van der Waals surface area contributed by atoms with E-state index in [2.05, 4.69) is 15.4 Å². The molecule has 3 aromatic heterocycles. The number of aromatic nitrogens is 4. The van der Waals surface area contributed by atoms with Gasteiger partial charge in [-0.15, -0.1) is 11.3 Å². The van der Waals surface area contributed by atoms with Crippen LogP contribution in [0, 0.1) is 13.8 Å². The molecule has 1 aromatic carbocycles. The van der Waals surface area contributed by atoms with Crippen molar-refractivity contribution in [1.82, 2.24) is 19.3 Å². The molecular weight excluding hydrogens is 442 g/mol. The Morgan fingerprint density at radius 3 is 2.79 bits per heavy atom. The van der Waals surface area contributed by atoms with Crippen LogP contribution in [0.15, 0.2) is 41.2 Å². The molecule has 0 saturated heterocycles. The number of rotatable bonds is 5. The van der Waals surface area contributed by atoms with Crippen molar-refractivity contribution < 1.29 is 14.3 Å². The van der Waals surface area contributed by atoms with Gasteiger partial charge in [0.2, 0.25) is 0 Å². The molecule has 1 aliphatic rings. The fourth-order valence-corrected chi connectivity index (χ4v) is 5.08. The van der Waals surface area contributed by atoms with Crippen LogP contribution in [-0.2, 0) is 22.5 Å². The largest absolute Gasteiger partial charge is 0.451 e. The molecule has 0 bridgehead atoms. The number of thiophene rings is 1. The molecule has 0 saturated carbocycles. The molecule has 1 N–H and O–H groups in total. The van der Waals surface area contributed by atoms with E-state index in [0.29, 0.717) is 28.1 Å². The van der Waals surface area contributed by atoms with Crippen LogP contribution >= 0.6 is 11.3 Å². The Morgan fingerprint density at radius 1 is 1.21 bits per heavy atom. The molecule has 168 valence electrons. The highest BCUT2D eigenvalue weighted by atomic mass is 32.1. The highest BCUT2D eigenvalue weighted by Gasteiger charge is 2.24. The number of nitrogens with zero attached hydrogens (tertiary/aromatic N) is 4. The average Bonchev–Trinajstić information content (AvgIpc) is 3.50. The van der Waals surface area contributed by atoms with Gasteiger partial charge in [-0.3, -0.25) is 14.2 Å². The number of carbonyl (C=O) groups is 2. The maximum Gasteiger partial charge on any atom is 0.349 e. The lowest BCUT2D eigenvalue weighted by Crippen LogP contribution is -2.22. The van der Waals surface area contributed by atoms with Crippen LogP contribution < -0.4 is 10.9 Å². The number of aryl methyl sites for hydroxylation is 3. The molecule has 10 heteroatoms. The maximum atomic E-state index is 12.8. The van der Waals surface area contributed by atoms with Gasteiger partial charge in [0.05, 0.1) is 16.8 Å². The van der Waals surface area contributed by atoms with E-state index in [4.69, 9.17) is 4.74 Å². The molecule has 0 atom stereocenters. The van der Waals surface area contributed by atoms with Gasteiger partial charge < -0.3 is 10.1 Å². The molecule has 9 nitrogen and oxygen atoms in total. The standard InChI is InChI=1S/C23H21N5O4S/c1-13-11-17(28(26-13)15-7-4-3-5-8-15)24-18(29)12-32-23(31)20-14(2)19-21(33-20)25-16-9-6-10-27(16)22(19)30/h3-5,7-8,11H,6,9-10,12H2,1-2H3,(H,24,29). The molecule has 0 spiro atoms. The van der Waals surface area contributed by atoms with E-state index in [1.807, 2.05) is 37.3 Å². The molecule has 0 aliphatic carbocycles. The van der Waals surface area contributed by atoms with Crippen molar-refractivity contribution >= 4 is 39.2 Å². The Labute approximate surface area is 192 Å². The van der Waals surface area contributed by atoms with Gasteiger partial charge in [-0.25, -0.2) is 14.5 Å². The first-order valence-electron chi connectivity index (χ1n) is 10.5. The van der Waals surface area contributed by atoms with Crippen LogP contribution in [-0.4, -0.2) is 37.8 Å². The minimum atomic E-state index is -0.650. The van der Waals surface area contributed by atoms with Crippen LogP contribution in [0.4, 0.5) is 5.82 Å². The molecule has 0 radical (unpaired) electrons. The average molecular weight is 464 g/mol. The van der Waals surface area contributed by atoms with Crippen molar-refractivity contribution in [2.45, 2.75) is 33.2 Å². The number of anilines is 1. The van der Waals surface area contributed by atoms with Gasteiger partial charge in [-0.1, -0.05) is 18.2 Å². The Morgan fingerprint density at radius 2 is 2.00 bits per heavy atom. The van der Waals surface area contributed by atoms with E-state index in [1.54, 1.807) is 22.2 Å². The second-order valence-electron chi connectivity index (χ2n) is 7.87. The first-order chi connectivity index (χ1) is 15.9. The Kier molecular flexibility index (Phi) is 5.29. The van der Waals surface area contributed by atoms with E-state index < -0.39 is 18.5 Å². The lowest BCUT2D eigenvalue weighted by Gasteiger charge is -2.09. The Hall–Kier alpha value is -3.79. The van der Waals surface area contributed by atoms with Crippen molar-refractivity contribution in [3.8, 4) is 5.69 Å². The minimum Gasteiger partial charge on any atom is -0.451 e. The Bertz CT molecular complexity index is 1450. The fraction of sp³-hybridized carbons (Fsp3) is 0.261. The van der Waals surface area contributed by atoms with Gasteiger partial charge in [-0.2, -0.15) is 5.10 Å². The van der Waals surface area contributed by atoms with Gasteiger partial charge in [0.25, 0.3) is 11.5 Å². The predicted molar refractivity (Wildman–Crippen MR) is 124 cm³/mol. The molecule has 0 unspecified atom stereocenters. The lowest BCUT2D eigenvalue weighted by molar-refractivity contribution is -0.119. The first-order valence-corrected chi connectivity index (χ1v) is 11.4. The highest BCUT2D eigenvalue weighted by molar-refractivity contribution is 7.20. The van der Waals surface area contributed by atoms with Crippen molar-refractivity contribution in [3.05, 3.63) is 68.7 Å². The number of nitrogens with one attached hydrogen (secondary N) is 1. The molecule has 4 heterocycles. The second-order valence-corrected chi connectivity index (χ2v) is 8.87. The number of para-hydroxylation sites is 1. The molecule has 5 rings (SSSR count). The quantitative estimate of drug-likeness (QED) is 0.456. The molecule has 1 amide bonds. The summed E-state index contributed by atoms with van der Waals surface area (Å²) in [6.45, 7) is 3.72. The maximum absolute atomic E-state index is 12.8. The van der Waals surface area contributed by atoms with Crippen LogP contribution in [0.5, 0.6) is 0 Å². The van der Waals surface area contributed by atoms with Gasteiger partial charge in [0, 0.05) is 19.0 Å². The van der Waals surface area contributed by atoms with Crippen LogP contribution in [0.1, 0.15) is 33.2 Å². The topological polar surface area (TPSA) is 108 Å². The van der Waals surface area contributed by atoms with E-state index in [9.17, 15) is 14.4 Å². The van der Waals surface area contributed by atoms with Gasteiger partial charge in [0.1, 0.15) is 21.3 Å². The van der Waals surface area contributed by atoms with Crippen LogP contribution in [0.3, 0.4) is 0 Å². The zero-order valence-electron chi connectivity index (χ0n) is 18.1. The van der Waals surface area contributed by atoms with Crippen LogP contribution in [0.2, 0.25) is 0 Å².